The van der Waals surface area contributed by atoms with E-state index >= 15 is 0 Å². The van der Waals surface area contributed by atoms with Crippen LogP contribution in [0, 0.1) is 0 Å². The van der Waals surface area contributed by atoms with Gasteiger partial charge < -0.3 is 15.2 Å². The standard InChI is InChI=1S/C21H19N3O4S/c1-28-15-9-10(4-5-13(15)25)17-18-12(22-20-19(17)21(27)24-23-20)7-11(8-14(18)26)16-3-2-6-29-16/h2-6,9,11,17,25H,7-8H2,1H3,(H3,22,23,24,27). The molecule has 0 radical (unpaired) electrons. The molecule has 2 atom stereocenters. The molecule has 8 heteroatoms. The number of H-pyrrole nitrogens is 2. The second-order valence-corrected chi connectivity index (χ2v) is 8.27. The van der Waals surface area contributed by atoms with E-state index in [1.807, 2.05) is 11.4 Å². The molecule has 2 aromatic heterocycles. The molecule has 0 saturated carbocycles. The van der Waals surface area contributed by atoms with E-state index in [1.165, 1.54) is 18.1 Å². The van der Waals surface area contributed by atoms with Crippen LogP contribution in [-0.2, 0) is 4.79 Å². The first-order valence-electron chi connectivity index (χ1n) is 9.31. The quantitative estimate of drug-likeness (QED) is 0.530. The number of ether oxygens (including phenoxy) is 1. The number of hydrogen-bond acceptors (Lipinski definition) is 6. The molecule has 1 aromatic carbocycles. The average molecular weight is 409 g/mol. The molecule has 2 aliphatic rings. The Bertz CT molecular complexity index is 1190. The fraction of sp³-hybridized carbons (Fsp3) is 0.238. The van der Waals surface area contributed by atoms with Crippen molar-refractivity contribution in [2.75, 3.05) is 12.4 Å². The number of aromatic nitrogens is 2. The Morgan fingerprint density at radius 3 is 2.79 bits per heavy atom. The third-order valence-electron chi connectivity index (χ3n) is 5.66. The first-order valence-corrected chi connectivity index (χ1v) is 10.2. The van der Waals surface area contributed by atoms with Gasteiger partial charge in [-0.05, 0) is 35.6 Å². The Labute approximate surface area is 170 Å². The van der Waals surface area contributed by atoms with Crippen LogP contribution in [0.2, 0.25) is 0 Å². The molecule has 2 unspecified atom stereocenters. The van der Waals surface area contributed by atoms with Crippen molar-refractivity contribution in [2.24, 2.45) is 0 Å². The molecule has 0 bridgehead atoms. The van der Waals surface area contributed by atoms with E-state index in [2.05, 4.69) is 21.6 Å². The molecule has 29 heavy (non-hydrogen) atoms. The molecule has 1 aliphatic heterocycles. The van der Waals surface area contributed by atoms with Gasteiger partial charge in [-0.2, -0.15) is 0 Å². The van der Waals surface area contributed by atoms with Gasteiger partial charge in [-0.1, -0.05) is 12.1 Å². The Kier molecular flexibility index (Phi) is 4.09. The summed E-state index contributed by atoms with van der Waals surface area (Å²) in [7, 11) is 1.47. The average Bonchev–Trinajstić information content (AvgIpc) is 3.37. The van der Waals surface area contributed by atoms with Crippen LogP contribution in [-0.4, -0.2) is 28.2 Å². The molecule has 148 valence electrons. The molecule has 4 N–H and O–H groups in total. The number of Topliss-reactive ketones (excluding diaryl/α,β-unsaturated/α-hetero) is 1. The highest BCUT2D eigenvalue weighted by atomic mass is 32.1. The minimum atomic E-state index is -0.525. The van der Waals surface area contributed by atoms with Crippen molar-refractivity contribution in [3.8, 4) is 11.5 Å². The van der Waals surface area contributed by atoms with Crippen LogP contribution in [0.25, 0.3) is 0 Å². The van der Waals surface area contributed by atoms with Crippen LogP contribution in [0.3, 0.4) is 0 Å². The Morgan fingerprint density at radius 1 is 1.17 bits per heavy atom. The Hall–Kier alpha value is -3.26. The van der Waals surface area contributed by atoms with Gasteiger partial charge in [0.05, 0.1) is 12.7 Å². The van der Waals surface area contributed by atoms with E-state index in [1.54, 1.807) is 23.5 Å². The number of ketones is 1. The van der Waals surface area contributed by atoms with Crippen LogP contribution < -0.4 is 15.6 Å². The number of aromatic hydroxyl groups is 1. The summed E-state index contributed by atoms with van der Waals surface area (Å²) in [5.41, 5.74) is 2.37. The Balaban J connectivity index is 1.66. The molecule has 3 aromatic rings. The molecule has 0 spiro atoms. The van der Waals surface area contributed by atoms with Crippen molar-refractivity contribution in [1.82, 2.24) is 10.2 Å². The SMILES string of the molecule is COc1cc(C2C3=C(CC(c4cccs4)CC3=O)Nc3[nH][nH]c(=O)c32)ccc1O. The van der Waals surface area contributed by atoms with E-state index < -0.39 is 5.92 Å². The topological polar surface area (TPSA) is 107 Å². The number of carbonyl (C=O) groups is 1. The molecule has 7 nitrogen and oxygen atoms in total. The van der Waals surface area contributed by atoms with Crippen molar-refractivity contribution >= 4 is 22.9 Å². The first kappa shape index (κ1) is 17.8. The predicted molar refractivity (Wildman–Crippen MR) is 110 cm³/mol. The highest BCUT2D eigenvalue weighted by molar-refractivity contribution is 7.10. The number of anilines is 1. The number of benzene rings is 1. The van der Waals surface area contributed by atoms with Crippen LogP contribution in [0.1, 0.15) is 40.7 Å². The van der Waals surface area contributed by atoms with Crippen molar-refractivity contribution in [3.05, 3.63) is 73.3 Å². The maximum Gasteiger partial charge on any atom is 0.270 e. The van der Waals surface area contributed by atoms with Gasteiger partial charge in [0.1, 0.15) is 5.82 Å². The zero-order chi connectivity index (χ0) is 20.1. The number of fused-ring (bicyclic) bond motifs is 1. The lowest BCUT2D eigenvalue weighted by Gasteiger charge is -2.34. The van der Waals surface area contributed by atoms with Crippen molar-refractivity contribution < 1.29 is 14.6 Å². The van der Waals surface area contributed by atoms with Crippen LogP contribution >= 0.6 is 11.3 Å². The van der Waals surface area contributed by atoms with Gasteiger partial charge >= 0.3 is 0 Å². The lowest BCUT2D eigenvalue weighted by molar-refractivity contribution is -0.116. The molecule has 5 rings (SSSR count). The number of thiophene rings is 1. The number of nitrogens with one attached hydrogen (secondary N) is 3. The lowest BCUT2D eigenvalue weighted by atomic mass is 9.74. The highest BCUT2D eigenvalue weighted by Crippen LogP contribution is 2.47. The fourth-order valence-corrected chi connectivity index (χ4v) is 5.18. The number of rotatable bonds is 3. The number of carbonyl (C=O) groups excluding carboxylic acids is 1. The van der Waals surface area contributed by atoms with Gasteiger partial charge in [0.25, 0.3) is 5.56 Å². The summed E-state index contributed by atoms with van der Waals surface area (Å²) < 4.78 is 5.25. The zero-order valence-electron chi connectivity index (χ0n) is 15.6. The number of aromatic amines is 2. The smallest absolute Gasteiger partial charge is 0.270 e. The third kappa shape index (κ3) is 2.79. The summed E-state index contributed by atoms with van der Waals surface area (Å²) in [6.45, 7) is 0. The summed E-state index contributed by atoms with van der Waals surface area (Å²) in [5, 5.41) is 20.8. The van der Waals surface area contributed by atoms with E-state index in [4.69, 9.17) is 4.74 Å². The zero-order valence-corrected chi connectivity index (χ0v) is 16.4. The van der Waals surface area contributed by atoms with Crippen molar-refractivity contribution in [2.45, 2.75) is 24.7 Å². The molecular weight excluding hydrogens is 390 g/mol. The normalized spacial score (nSPS) is 20.8. The van der Waals surface area contributed by atoms with Gasteiger partial charge in [-0.25, -0.2) is 0 Å². The Morgan fingerprint density at radius 2 is 2.03 bits per heavy atom. The molecule has 0 fully saturated rings. The first-order chi connectivity index (χ1) is 14.1. The monoisotopic (exact) mass is 409 g/mol. The van der Waals surface area contributed by atoms with Crippen LogP contribution in [0.5, 0.6) is 11.5 Å². The molecule has 0 amide bonds. The molecule has 0 saturated heterocycles. The van der Waals surface area contributed by atoms with E-state index in [-0.39, 0.29) is 23.0 Å². The highest BCUT2D eigenvalue weighted by Gasteiger charge is 2.40. The number of phenolic OH excluding ortho intramolecular Hbond substituents is 1. The second kappa shape index (κ2) is 6.66. The summed E-state index contributed by atoms with van der Waals surface area (Å²) in [6.07, 6.45) is 1.10. The van der Waals surface area contributed by atoms with Crippen LogP contribution in [0.15, 0.2) is 51.8 Å². The second-order valence-electron chi connectivity index (χ2n) is 7.29. The maximum absolute atomic E-state index is 13.3. The third-order valence-corrected chi connectivity index (χ3v) is 6.69. The predicted octanol–water partition coefficient (Wildman–Crippen LogP) is 3.44. The molecule has 1 aliphatic carbocycles. The largest absolute Gasteiger partial charge is 0.504 e. The van der Waals surface area contributed by atoms with Crippen LogP contribution in [0.4, 0.5) is 5.82 Å². The number of hydrogen-bond donors (Lipinski definition) is 4. The minimum absolute atomic E-state index is 0.00955. The lowest BCUT2D eigenvalue weighted by Crippen LogP contribution is -2.31. The number of allylic oxidation sites excluding steroid dienone is 2. The van der Waals surface area contributed by atoms with E-state index in [0.29, 0.717) is 35.5 Å². The number of methoxy groups -OCH3 is 1. The summed E-state index contributed by atoms with van der Waals surface area (Å²) in [4.78, 5) is 27.0. The molecular formula is C21H19N3O4S. The van der Waals surface area contributed by atoms with E-state index in [0.717, 1.165) is 11.3 Å². The van der Waals surface area contributed by atoms with Gasteiger partial charge in [0.2, 0.25) is 0 Å². The van der Waals surface area contributed by atoms with Gasteiger partial charge in [-0.15, -0.1) is 11.3 Å². The summed E-state index contributed by atoms with van der Waals surface area (Å²) in [5.74, 6) is 0.510. The summed E-state index contributed by atoms with van der Waals surface area (Å²) in [6, 6.07) is 9.00. The molecule has 3 heterocycles. The maximum atomic E-state index is 13.3. The van der Waals surface area contributed by atoms with Crippen molar-refractivity contribution in [1.29, 1.82) is 0 Å². The number of phenols is 1. The van der Waals surface area contributed by atoms with Crippen molar-refractivity contribution in [3.63, 3.8) is 0 Å². The van der Waals surface area contributed by atoms with Gasteiger partial charge in [-0.3, -0.25) is 19.8 Å². The van der Waals surface area contributed by atoms with E-state index in [9.17, 15) is 14.7 Å². The minimum Gasteiger partial charge on any atom is -0.504 e. The summed E-state index contributed by atoms with van der Waals surface area (Å²) >= 11 is 1.65. The fourth-order valence-electron chi connectivity index (χ4n) is 4.35. The van der Waals surface area contributed by atoms with Gasteiger partial charge in [0.15, 0.2) is 17.3 Å². The van der Waals surface area contributed by atoms with Gasteiger partial charge in [0, 0.05) is 34.4 Å².